The first-order chi connectivity index (χ1) is 16.3. The zero-order valence-electron chi connectivity index (χ0n) is 19.9. The summed E-state index contributed by atoms with van der Waals surface area (Å²) in [6.45, 7) is 0.556. The van der Waals surface area contributed by atoms with Crippen LogP contribution in [0.5, 0.6) is 0 Å². The van der Waals surface area contributed by atoms with Crippen LogP contribution in [0.4, 0.5) is 0 Å². The van der Waals surface area contributed by atoms with Crippen molar-refractivity contribution in [1.29, 1.82) is 0 Å². The quantitative estimate of drug-likeness (QED) is 0.120. The molecule has 1 saturated heterocycles. The van der Waals surface area contributed by atoms with Gasteiger partial charge < -0.3 is 36.5 Å². The summed E-state index contributed by atoms with van der Waals surface area (Å²) < 4.78 is 4.87. The predicted octanol–water partition coefficient (Wildman–Crippen LogP) is -0.490. The molecule has 1 aromatic carbocycles. The van der Waals surface area contributed by atoms with Crippen molar-refractivity contribution in [2.24, 2.45) is 16.5 Å². The Kier molecular flexibility index (Phi) is 13.4. The molecule has 0 unspecified atom stereocenters. The maximum atomic E-state index is 13.4. The highest BCUT2D eigenvalue weighted by Gasteiger charge is 2.38. The Bertz CT molecular complexity index is 865. The summed E-state index contributed by atoms with van der Waals surface area (Å²) in [5.41, 5.74) is 11.4. The first-order valence-corrected chi connectivity index (χ1v) is 11.3. The predicted molar refractivity (Wildman–Crippen MR) is 134 cm³/mol. The van der Waals surface area contributed by atoms with Crippen LogP contribution in [0.1, 0.15) is 31.2 Å². The normalized spacial score (nSPS) is 16.4. The summed E-state index contributed by atoms with van der Waals surface area (Å²) in [6, 6.07) is 7.04. The van der Waals surface area contributed by atoms with E-state index >= 15 is 0 Å². The van der Waals surface area contributed by atoms with Gasteiger partial charge in [-0.05, 0) is 31.2 Å². The molecule has 1 aromatic rings. The highest BCUT2D eigenvalue weighted by atomic mass is 35.5. The van der Waals surface area contributed by atoms with E-state index in [-0.39, 0.29) is 37.3 Å². The molecule has 11 nitrogen and oxygen atoms in total. The minimum Gasteiger partial charge on any atom is -0.375 e. The van der Waals surface area contributed by atoms with Gasteiger partial charge in [0.1, 0.15) is 25.0 Å². The standard InChI is InChI=1S/C23H34N6O5.ClH/c1-34-15-20(31)28-18(13-16-7-3-2-4-8-16)22(33)29-12-6-10-19(29)21(32)27-17(14-30)9-5-11-26-23(24)25;/h2-4,7-8,14,17-19H,5-6,9-13,15H2,1H3,(H,27,32)(H,28,31)(H4,24,25,26);1H/t17-,18+,19-;/m0./s1. The monoisotopic (exact) mass is 510 g/mol. The fraction of sp³-hybridized carbons (Fsp3) is 0.522. The Morgan fingerprint density at radius 1 is 1.23 bits per heavy atom. The van der Waals surface area contributed by atoms with Crippen molar-refractivity contribution in [3.8, 4) is 0 Å². The van der Waals surface area contributed by atoms with E-state index in [4.69, 9.17) is 16.2 Å². The van der Waals surface area contributed by atoms with Crippen LogP contribution < -0.4 is 22.1 Å². The number of nitrogens with two attached hydrogens (primary N) is 2. The number of carbonyl (C=O) groups is 4. The Labute approximate surface area is 211 Å². The van der Waals surface area contributed by atoms with Crippen LogP contribution in [-0.4, -0.2) is 79.8 Å². The summed E-state index contributed by atoms with van der Waals surface area (Å²) in [4.78, 5) is 55.3. The van der Waals surface area contributed by atoms with Crippen molar-refractivity contribution in [3.63, 3.8) is 0 Å². The summed E-state index contributed by atoms with van der Waals surface area (Å²) in [7, 11) is 1.40. The van der Waals surface area contributed by atoms with Gasteiger partial charge in [0.05, 0.1) is 6.04 Å². The van der Waals surface area contributed by atoms with Gasteiger partial charge in [0, 0.05) is 26.6 Å². The Balaban J connectivity index is 0.00000612. The topological polar surface area (TPSA) is 169 Å². The molecule has 1 fully saturated rings. The summed E-state index contributed by atoms with van der Waals surface area (Å²) >= 11 is 0. The average molecular weight is 511 g/mol. The third kappa shape index (κ3) is 9.91. The van der Waals surface area contributed by atoms with E-state index in [1.807, 2.05) is 30.3 Å². The van der Waals surface area contributed by atoms with E-state index in [2.05, 4.69) is 15.6 Å². The second kappa shape index (κ2) is 15.7. The maximum absolute atomic E-state index is 13.4. The number of guanidine groups is 1. The maximum Gasteiger partial charge on any atom is 0.246 e. The van der Waals surface area contributed by atoms with Gasteiger partial charge >= 0.3 is 0 Å². The Morgan fingerprint density at radius 3 is 2.57 bits per heavy atom. The molecule has 35 heavy (non-hydrogen) atoms. The number of ether oxygens (including phenoxy) is 1. The van der Waals surface area contributed by atoms with Crippen molar-refractivity contribution in [1.82, 2.24) is 15.5 Å². The summed E-state index contributed by atoms with van der Waals surface area (Å²) in [6.07, 6.45) is 2.95. The van der Waals surface area contributed by atoms with Crippen LogP contribution in [0.25, 0.3) is 0 Å². The van der Waals surface area contributed by atoms with Crippen LogP contribution in [-0.2, 0) is 30.3 Å². The van der Waals surface area contributed by atoms with E-state index in [9.17, 15) is 19.2 Å². The molecule has 0 aromatic heterocycles. The van der Waals surface area contributed by atoms with Crippen LogP contribution in [0.3, 0.4) is 0 Å². The molecule has 12 heteroatoms. The van der Waals surface area contributed by atoms with Gasteiger partial charge in [-0.1, -0.05) is 30.3 Å². The van der Waals surface area contributed by atoms with Gasteiger partial charge in [0.15, 0.2) is 5.96 Å². The number of nitrogens with one attached hydrogen (secondary N) is 2. The molecule has 0 aliphatic carbocycles. The third-order valence-corrected chi connectivity index (χ3v) is 5.49. The fourth-order valence-electron chi connectivity index (χ4n) is 3.89. The number of rotatable bonds is 13. The lowest BCUT2D eigenvalue weighted by Gasteiger charge is -2.29. The molecule has 3 amide bonds. The van der Waals surface area contributed by atoms with Crippen molar-refractivity contribution < 1.29 is 23.9 Å². The smallest absolute Gasteiger partial charge is 0.246 e. The van der Waals surface area contributed by atoms with Gasteiger partial charge in [-0.15, -0.1) is 12.4 Å². The van der Waals surface area contributed by atoms with Gasteiger partial charge in [-0.25, -0.2) is 0 Å². The molecule has 3 atom stereocenters. The largest absolute Gasteiger partial charge is 0.375 e. The molecule has 194 valence electrons. The van der Waals surface area contributed by atoms with Crippen LogP contribution in [0.2, 0.25) is 0 Å². The molecule has 0 radical (unpaired) electrons. The highest BCUT2D eigenvalue weighted by molar-refractivity contribution is 5.93. The number of carbonyl (C=O) groups excluding carboxylic acids is 4. The van der Waals surface area contributed by atoms with E-state index in [1.165, 1.54) is 12.0 Å². The lowest BCUT2D eigenvalue weighted by atomic mass is 10.0. The van der Waals surface area contributed by atoms with Gasteiger partial charge in [-0.2, -0.15) is 0 Å². The molecule has 6 N–H and O–H groups in total. The average Bonchev–Trinajstić information content (AvgIpc) is 3.31. The Hall–Kier alpha value is -3.18. The first-order valence-electron chi connectivity index (χ1n) is 11.3. The SMILES string of the molecule is COCC(=O)N[C@H](Cc1ccccc1)C(=O)N1CCC[C@H]1C(=O)N[C@H](C=O)CCCN=C(N)N.Cl. The van der Waals surface area contributed by atoms with E-state index in [0.717, 1.165) is 5.56 Å². The zero-order chi connectivity index (χ0) is 24.9. The molecule has 1 aliphatic rings. The van der Waals surface area contributed by atoms with Gasteiger partial charge in [0.2, 0.25) is 17.7 Å². The number of benzene rings is 1. The van der Waals surface area contributed by atoms with E-state index < -0.39 is 29.9 Å². The van der Waals surface area contributed by atoms with E-state index in [0.29, 0.717) is 45.1 Å². The Morgan fingerprint density at radius 2 is 1.94 bits per heavy atom. The van der Waals surface area contributed by atoms with Crippen molar-refractivity contribution >= 4 is 42.4 Å². The van der Waals surface area contributed by atoms with E-state index in [1.54, 1.807) is 0 Å². The molecular weight excluding hydrogens is 476 g/mol. The minimum absolute atomic E-state index is 0. The van der Waals surface area contributed by atoms with Gasteiger partial charge in [-0.3, -0.25) is 19.4 Å². The minimum atomic E-state index is -0.847. The third-order valence-electron chi connectivity index (χ3n) is 5.49. The highest BCUT2D eigenvalue weighted by Crippen LogP contribution is 2.20. The molecule has 1 heterocycles. The number of aldehydes is 1. The first kappa shape index (κ1) is 29.9. The van der Waals surface area contributed by atoms with Gasteiger partial charge in [0.25, 0.3) is 0 Å². The number of amides is 3. The summed E-state index contributed by atoms with van der Waals surface area (Å²) in [5.74, 6) is -1.19. The number of halogens is 1. The number of likely N-dealkylation sites (tertiary alicyclic amines) is 1. The second-order valence-corrected chi connectivity index (χ2v) is 8.13. The van der Waals surface area contributed by atoms with Crippen molar-refractivity contribution in [3.05, 3.63) is 35.9 Å². The van der Waals surface area contributed by atoms with Crippen LogP contribution >= 0.6 is 12.4 Å². The van der Waals surface area contributed by atoms with Crippen molar-refractivity contribution in [2.45, 2.75) is 50.2 Å². The number of nitrogens with zero attached hydrogens (tertiary/aromatic N) is 2. The lowest BCUT2D eigenvalue weighted by Crippen LogP contribution is -2.55. The van der Waals surface area contributed by atoms with Crippen molar-refractivity contribution in [2.75, 3.05) is 26.8 Å². The molecule has 0 saturated carbocycles. The number of hydrogen-bond acceptors (Lipinski definition) is 6. The van der Waals surface area contributed by atoms with Crippen LogP contribution in [0, 0.1) is 0 Å². The van der Waals surface area contributed by atoms with Crippen LogP contribution in [0.15, 0.2) is 35.3 Å². The second-order valence-electron chi connectivity index (χ2n) is 8.13. The zero-order valence-corrected chi connectivity index (χ0v) is 20.7. The fourth-order valence-corrected chi connectivity index (χ4v) is 3.89. The molecule has 0 spiro atoms. The lowest BCUT2D eigenvalue weighted by molar-refractivity contribution is -0.142. The molecule has 0 bridgehead atoms. The number of hydrogen-bond donors (Lipinski definition) is 4. The molecule has 1 aliphatic heterocycles. The number of aliphatic imine (C=N–C) groups is 1. The molecular formula is C23H35ClN6O5. The molecule has 2 rings (SSSR count). The number of methoxy groups -OCH3 is 1. The summed E-state index contributed by atoms with van der Waals surface area (Å²) in [5, 5.41) is 5.43.